The second kappa shape index (κ2) is 6.30. The van der Waals surface area contributed by atoms with Crippen LogP contribution in [0, 0.1) is 17.8 Å². The molecule has 2 nitrogen and oxygen atoms in total. The Morgan fingerprint density at radius 2 is 1.80 bits per heavy atom. The van der Waals surface area contributed by atoms with Crippen molar-refractivity contribution in [2.45, 2.75) is 32.2 Å². The van der Waals surface area contributed by atoms with Gasteiger partial charge in [0.15, 0.2) is 0 Å². The highest BCUT2D eigenvalue weighted by Crippen LogP contribution is 2.56. The quantitative estimate of drug-likeness (QED) is 0.748. The van der Waals surface area contributed by atoms with Crippen LogP contribution < -0.4 is 0 Å². The van der Waals surface area contributed by atoms with E-state index in [4.69, 9.17) is 0 Å². The molecule has 2 aliphatic rings. The van der Waals surface area contributed by atoms with Gasteiger partial charge in [0.2, 0.25) is 5.91 Å². The maximum absolute atomic E-state index is 12.8. The molecule has 0 heterocycles. The molecule has 0 saturated heterocycles. The third-order valence-electron chi connectivity index (χ3n) is 4.82. The Balaban J connectivity index is 1.66. The average molecular weight is 336 g/mol. The minimum atomic E-state index is 0.334. The number of carbonyl (C=O) groups is 1. The third kappa shape index (κ3) is 2.93. The fraction of sp³-hybridized carbons (Fsp3) is 0.588. The molecule has 2 unspecified atom stereocenters. The molecule has 1 aromatic rings. The summed E-state index contributed by atoms with van der Waals surface area (Å²) >= 11 is 3.48. The largest absolute Gasteiger partial charge is 0.337 e. The van der Waals surface area contributed by atoms with E-state index in [1.165, 1.54) is 31.2 Å². The van der Waals surface area contributed by atoms with Crippen LogP contribution in [0.4, 0.5) is 0 Å². The zero-order chi connectivity index (χ0) is 13.9. The summed E-state index contributed by atoms with van der Waals surface area (Å²) < 4.78 is 0. The maximum atomic E-state index is 12.8. The molecule has 2 atom stereocenters. The SMILES string of the molecule is O=C(C1C2CCCCC21)N(CCBr)Cc1ccccc1. The van der Waals surface area contributed by atoms with Crippen LogP contribution in [0.1, 0.15) is 31.2 Å². The second-order valence-corrected chi connectivity index (χ2v) is 6.87. The molecule has 1 aromatic carbocycles. The van der Waals surface area contributed by atoms with Crippen LogP contribution in [0.25, 0.3) is 0 Å². The van der Waals surface area contributed by atoms with Crippen LogP contribution >= 0.6 is 15.9 Å². The van der Waals surface area contributed by atoms with E-state index in [0.29, 0.717) is 23.7 Å². The Hall–Kier alpha value is -0.830. The fourth-order valence-corrected chi connectivity index (χ4v) is 4.17. The molecule has 0 bridgehead atoms. The first-order valence-corrected chi connectivity index (χ1v) is 8.82. The summed E-state index contributed by atoms with van der Waals surface area (Å²) in [5.41, 5.74) is 1.23. The van der Waals surface area contributed by atoms with Crippen LogP contribution in [-0.4, -0.2) is 22.7 Å². The molecule has 0 spiro atoms. The lowest BCUT2D eigenvalue weighted by Crippen LogP contribution is -2.34. The summed E-state index contributed by atoms with van der Waals surface area (Å²) in [5.74, 6) is 2.13. The number of amides is 1. The zero-order valence-corrected chi connectivity index (χ0v) is 13.4. The Morgan fingerprint density at radius 3 is 2.40 bits per heavy atom. The van der Waals surface area contributed by atoms with Gasteiger partial charge in [-0.05, 0) is 30.2 Å². The number of fused-ring (bicyclic) bond motifs is 1. The van der Waals surface area contributed by atoms with Gasteiger partial charge in [-0.25, -0.2) is 0 Å². The highest BCUT2D eigenvalue weighted by molar-refractivity contribution is 9.09. The Morgan fingerprint density at radius 1 is 1.15 bits per heavy atom. The molecule has 0 N–H and O–H groups in total. The fourth-order valence-electron chi connectivity index (χ4n) is 3.74. The molecule has 0 aromatic heterocycles. The minimum Gasteiger partial charge on any atom is -0.337 e. The monoisotopic (exact) mass is 335 g/mol. The first-order chi connectivity index (χ1) is 9.81. The molecule has 0 aliphatic heterocycles. The number of carbonyl (C=O) groups excluding carboxylic acids is 1. The van der Waals surface area contributed by atoms with Gasteiger partial charge in [0.05, 0.1) is 0 Å². The predicted molar refractivity (Wildman–Crippen MR) is 84.6 cm³/mol. The van der Waals surface area contributed by atoms with Crippen LogP contribution in [-0.2, 0) is 11.3 Å². The van der Waals surface area contributed by atoms with E-state index in [9.17, 15) is 4.79 Å². The van der Waals surface area contributed by atoms with Crippen LogP contribution in [0.2, 0.25) is 0 Å². The number of alkyl halides is 1. The summed E-state index contributed by atoms with van der Waals surface area (Å²) in [6, 6.07) is 10.3. The van der Waals surface area contributed by atoms with Crippen LogP contribution in [0.3, 0.4) is 0 Å². The van der Waals surface area contributed by atoms with E-state index in [-0.39, 0.29) is 0 Å². The number of benzene rings is 1. The van der Waals surface area contributed by atoms with E-state index in [1.807, 2.05) is 23.1 Å². The predicted octanol–water partition coefficient (Wildman–Crippen LogP) is 3.85. The van der Waals surface area contributed by atoms with E-state index in [0.717, 1.165) is 18.4 Å². The summed E-state index contributed by atoms with van der Waals surface area (Å²) in [7, 11) is 0. The van der Waals surface area contributed by atoms with Crippen molar-refractivity contribution in [3.63, 3.8) is 0 Å². The first kappa shape index (κ1) is 14.1. The van der Waals surface area contributed by atoms with Crippen molar-refractivity contribution in [3.05, 3.63) is 35.9 Å². The van der Waals surface area contributed by atoms with Gasteiger partial charge < -0.3 is 4.90 Å². The lowest BCUT2D eigenvalue weighted by Gasteiger charge is -2.22. The highest BCUT2D eigenvalue weighted by atomic mass is 79.9. The maximum Gasteiger partial charge on any atom is 0.226 e. The number of nitrogens with zero attached hydrogens (tertiary/aromatic N) is 1. The summed E-state index contributed by atoms with van der Waals surface area (Å²) in [5, 5.41) is 0.855. The van der Waals surface area contributed by atoms with E-state index in [2.05, 4.69) is 28.1 Å². The lowest BCUT2D eigenvalue weighted by atomic mass is 10.0. The molecule has 20 heavy (non-hydrogen) atoms. The standard InChI is InChI=1S/C17H22BrNO/c18-10-11-19(12-13-6-2-1-3-7-13)17(20)16-14-8-4-5-9-15(14)16/h1-3,6-7,14-16H,4-5,8-12H2. The molecule has 3 rings (SSSR count). The zero-order valence-electron chi connectivity index (χ0n) is 11.8. The first-order valence-electron chi connectivity index (χ1n) is 7.70. The van der Waals surface area contributed by atoms with E-state index >= 15 is 0 Å². The van der Waals surface area contributed by atoms with Crippen molar-refractivity contribution in [2.75, 3.05) is 11.9 Å². The van der Waals surface area contributed by atoms with Crippen molar-refractivity contribution >= 4 is 21.8 Å². The normalized spacial score (nSPS) is 27.8. The number of hydrogen-bond acceptors (Lipinski definition) is 1. The molecule has 3 heteroatoms. The summed E-state index contributed by atoms with van der Waals surface area (Å²) in [4.78, 5) is 14.8. The minimum absolute atomic E-state index is 0.334. The number of hydrogen-bond donors (Lipinski definition) is 0. The Labute approximate surface area is 129 Å². The molecule has 0 radical (unpaired) electrons. The molecule has 1 amide bonds. The van der Waals surface area contributed by atoms with E-state index < -0.39 is 0 Å². The van der Waals surface area contributed by atoms with Crippen molar-refractivity contribution in [1.82, 2.24) is 4.90 Å². The van der Waals surface area contributed by atoms with E-state index in [1.54, 1.807) is 0 Å². The third-order valence-corrected chi connectivity index (χ3v) is 5.18. The second-order valence-electron chi connectivity index (χ2n) is 6.07. The smallest absolute Gasteiger partial charge is 0.226 e. The van der Waals surface area contributed by atoms with Gasteiger partial charge in [0.25, 0.3) is 0 Å². The van der Waals surface area contributed by atoms with Gasteiger partial charge in [-0.3, -0.25) is 4.79 Å². The van der Waals surface area contributed by atoms with Gasteiger partial charge in [-0.1, -0.05) is 59.1 Å². The molecule has 2 fully saturated rings. The van der Waals surface area contributed by atoms with Gasteiger partial charge in [0, 0.05) is 24.3 Å². The highest BCUT2D eigenvalue weighted by Gasteiger charge is 2.55. The summed E-state index contributed by atoms with van der Waals surface area (Å²) in [6.07, 6.45) is 5.19. The van der Waals surface area contributed by atoms with Gasteiger partial charge >= 0.3 is 0 Å². The molecular weight excluding hydrogens is 314 g/mol. The Kier molecular flexibility index (Phi) is 4.45. The average Bonchev–Trinajstić information content (AvgIpc) is 3.21. The Bertz CT molecular complexity index is 449. The van der Waals surface area contributed by atoms with Crippen molar-refractivity contribution < 1.29 is 4.79 Å². The number of rotatable bonds is 5. The van der Waals surface area contributed by atoms with Crippen molar-refractivity contribution in [1.29, 1.82) is 0 Å². The van der Waals surface area contributed by atoms with Crippen LogP contribution in [0.5, 0.6) is 0 Å². The van der Waals surface area contributed by atoms with Gasteiger partial charge in [0.1, 0.15) is 0 Å². The molecule has 2 saturated carbocycles. The molecule has 2 aliphatic carbocycles. The topological polar surface area (TPSA) is 20.3 Å². The molecular formula is C17H22BrNO. The number of halogens is 1. The lowest BCUT2D eigenvalue weighted by molar-refractivity contribution is -0.133. The summed E-state index contributed by atoms with van der Waals surface area (Å²) in [6.45, 7) is 1.56. The van der Waals surface area contributed by atoms with Crippen molar-refractivity contribution in [3.8, 4) is 0 Å². The van der Waals surface area contributed by atoms with Crippen molar-refractivity contribution in [2.24, 2.45) is 17.8 Å². The van der Waals surface area contributed by atoms with Crippen LogP contribution in [0.15, 0.2) is 30.3 Å². The molecule has 108 valence electrons. The van der Waals surface area contributed by atoms with Gasteiger partial charge in [-0.15, -0.1) is 0 Å². The van der Waals surface area contributed by atoms with Gasteiger partial charge in [-0.2, -0.15) is 0 Å².